The molecule has 0 aliphatic rings. The number of benzene rings is 2. The Morgan fingerprint density at radius 3 is 2.41 bits per heavy atom. The molecule has 2 heterocycles. The van der Waals surface area contributed by atoms with Gasteiger partial charge in [-0.15, -0.1) is 11.3 Å². The van der Waals surface area contributed by atoms with Crippen LogP contribution in [0.4, 0.5) is 0 Å². The van der Waals surface area contributed by atoms with Crippen LogP contribution in [0.1, 0.15) is 22.0 Å². The topological polar surface area (TPSA) is 61.2 Å². The fourth-order valence-electron chi connectivity index (χ4n) is 3.52. The van der Waals surface area contributed by atoms with E-state index in [9.17, 15) is 9.59 Å². The number of thiophene rings is 1. The van der Waals surface area contributed by atoms with Gasteiger partial charge in [0.15, 0.2) is 6.04 Å². The van der Waals surface area contributed by atoms with Crippen molar-refractivity contribution in [1.29, 1.82) is 0 Å². The van der Waals surface area contributed by atoms with Crippen LogP contribution in [0.3, 0.4) is 0 Å². The number of hydrogen-bond acceptors (Lipinski definition) is 5. The number of fused-ring (bicyclic) bond motifs is 1. The summed E-state index contributed by atoms with van der Waals surface area (Å²) in [4.78, 5) is 32.3. The quantitative estimate of drug-likeness (QED) is 0.470. The second kappa shape index (κ2) is 7.64. The van der Waals surface area contributed by atoms with Gasteiger partial charge >= 0.3 is 5.97 Å². The van der Waals surface area contributed by atoms with E-state index in [1.807, 2.05) is 56.3 Å². The van der Waals surface area contributed by atoms with E-state index in [0.717, 1.165) is 21.6 Å². The van der Waals surface area contributed by atoms with Crippen molar-refractivity contribution in [1.82, 2.24) is 9.55 Å². The van der Waals surface area contributed by atoms with E-state index in [0.29, 0.717) is 15.8 Å². The van der Waals surface area contributed by atoms with Crippen LogP contribution in [0.25, 0.3) is 21.3 Å². The zero-order valence-corrected chi connectivity index (χ0v) is 17.2. The third-order valence-corrected chi connectivity index (χ3v) is 5.98. The number of nitrogens with zero attached hydrogens (tertiary/aromatic N) is 2. The van der Waals surface area contributed by atoms with Gasteiger partial charge in [-0.1, -0.05) is 60.2 Å². The lowest BCUT2D eigenvalue weighted by Gasteiger charge is -2.17. The van der Waals surface area contributed by atoms with E-state index in [1.54, 1.807) is 12.1 Å². The Hall–Kier alpha value is -3.25. The van der Waals surface area contributed by atoms with Gasteiger partial charge < -0.3 is 4.74 Å². The molecule has 4 rings (SSSR count). The Balaban J connectivity index is 1.98. The molecule has 0 N–H and O–H groups in total. The van der Waals surface area contributed by atoms with Crippen LogP contribution >= 0.6 is 11.3 Å². The predicted octanol–water partition coefficient (Wildman–Crippen LogP) is 4.50. The highest BCUT2D eigenvalue weighted by atomic mass is 32.1. The maximum absolute atomic E-state index is 13.6. The van der Waals surface area contributed by atoms with Gasteiger partial charge in [0.1, 0.15) is 11.2 Å². The first-order valence-corrected chi connectivity index (χ1v) is 10.0. The van der Waals surface area contributed by atoms with Gasteiger partial charge in [0.25, 0.3) is 5.56 Å². The van der Waals surface area contributed by atoms with Gasteiger partial charge in [0.2, 0.25) is 0 Å². The number of carbonyl (C=O) groups excluding carboxylic acids is 1. The van der Waals surface area contributed by atoms with Gasteiger partial charge in [0, 0.05) is 10.4 Å². The highest BCUT2D eigenvalue weighted by Crippen LogP contribution is 2.36. The van der Waals surface area contributed by atoms with Crippen LogP contribution in [0.15, 0.2) is 65.7 Å². The van der Waals surface area contributed by atoms with E-state index < -0.39 is 12.0 Å². The average Bonchev–Trinajstić information content (AvgIpc) is 3.08. The summed E-state index contributed by atoms with van der Waals surface area (Å²) in [6.45, 7) is 4.01. The van der Waals surface area contributed by atoms with Crippen molar-refractivity contribution >= 4 is 27.5 Å². The highest BCUT2D eigenvalue weighted by Gasteiger charge is 2.27. The Morgan fingerprint density at radius 2 is 1.76 bits per heavy atom. The number of rotatable bonds is 4. The molecule has 0 aliphatic carbocycles. The van der Waals surface area contributed by atoms with E-state index in [1.165, 1.54) is 29.3 Å². The van der Waals surface area contributed by atoms with Crippen molar-refractivity contribution in [3.8, 4) is 11.1 Å². The monoisotopic (exact) mass is 404 g/mol. The van der Waals surface area contributed by atoms with Crippen LogP contribution in [0, 0.1) is 13.8 Å². The molecule has 6 heteroatoms. The predicted molar refractivity (Wildman–Crippen MR) is 115 cm³/mol. The number of carbonyl (C=O) groups is 1. The summed E-state index contributed by atoms with van der Waals surface area (Å²) in [7, 11) is 1.32. The van der Waals surface area contributed by atoms with Crippen LogP contribution < -0.4 is 5.56 Å². The second-order valence-electron chi connectivity index (χ2n) is 6.87. The first-order valence-electron chi connectivity index (χ1n) is 9.21. The fraction of sp³-hybridized carbons (Fsp3) is 0.174. The molecule has 146 valence electrons. The zero-order chi connectivity index (χ0) is 20.5. The maximum atomic E-state index is 13.6. The lowest BCUT2D eigenvalue weighted by atomic mass is 10.0. The molecule has 0 saturated carbocycles. The SMILES string of the molecule is COC(=O)C(c1ccccc1)n1cnc2sc(C)c(-c3ccc(C)cc3)c2c1=O. The molecule has 0 bridgehead atoms. The van der Waals surface area contributed by atoms with E-state index in [4.69, 9.17) is 4.74 Å². The van der Waals surface area contributed by atoms with Gasteiger partial charge in [0.05, 0.1) is 12.5 Å². The smallest absolute Gasteiger partial charge is 0.333 e. The highest BCUT2D eigenvalue weighted by molar-refractivity contribution is 7.19. The molecule has 2 aromatic heterocycles. The first kappa shape index (κ1) is 19.1. The molecule has 0 saturated heterocycles. The molecule has 0 spiro atoms. The van der Waals surface area contributed by atoms with Crippen molar-refractivity contribution in [3.05, 3.63) is 87.3 Å². The third kappa shape index (κ3) is 3.36. The summed E-state index contributed by atoms with van der Waals surface area (Å²) in [5.41, 5.74) is 3.40. The van der Waals surface area contributed by atoms with Crippen molar-refractivity contribution in [2.24, 2.45) is 0 Å². The zero-order valence-electron chi connectivity index (χ0n) is 16.4. The minimum atomic E-state index is -0.892. The number of esters is 1. The molecule has 1 unspecified atom stereocenters. The molecular weight excluding hydrogens is 384 g/mol. The Morgan fingerprint density at radius 1 is 1.07 bits per heavy atom. The first-order chi connectivity index (χ1) is 14.0. The fourth-order valence-corrected chi connectivity index (χ4v) is 4.53. The van der Waals surface area contributed by atoms with Gasteiger partial charge in [-0.25, -0.2) is 9.78 Å². The molecule has 29 heavy (non-hydrogen) atoms. The summed E-state index contributed by atoms with van der Waals surface area (Å²) >= 11 is 1.48. The Bertz CT molecular complexity index is 1240. The lowest BCUT2D eigenvalue weighted by molar-refractivity contribution is -0.143. The van der Waals surface area contributed by atoms with Gasteiger partial charge in [-0.05, 0) is 25.0 Å². The van der Waals surface area contributed by atoms with Crippen LogP contribution in [0.2, 0.25) is 0 Å². The van der Waals surface area contributed by atoms with Crippen LogP contribution in [0.5, 0.6) is 0 Å². The molecule has 0 aliphatic heterocycles. The Kier molecular flexibility index (Phi) is 5.03. The van der Waals surface area contributed by atoms with Crippen LogP contribution in [-0.4, -0.2) is 22.6 Å². The van der Waals surface area contributed by atoms with Gasteiger partial charge in [-0.3, -0.25) is 9.36 Å². The summed E-state index contributed by atoms with van der Waals surface area (Å²) in [6, 6.07) is 16.3. The van der Waals surface area contributed by atoms with Crippen molar-refractivity contribution in [2.75, 3.05) is 7.11 Å². The second-order valence-corrected chi connectivity index (χ2v) is 8.08. The van der Waals surface area contributed by atoms with Crippen molar-refractivity contribution in [2.45, 2.75) is 19.9 Å². The van der Waals surface area contributed by atoms with E-state index in [2.05, 4.69) is 4.98 Å². The molecular formula is C23H20N2O3S. The van der Waals surface area contributed by atoms with Crippen LogP contribution in [-0.2, 0) is 9.53 Å². The lowest BCUT2D eigenvalue weighted by Crippen LogP contribution is -2.31. The van der Waals surface area contributed by atoms with Crippen molar-refractivity contribution < 1.29 is 9.53 Å². The minimum absolute atomic E-state index is 0.255. The average molecular weight is 404 g/mol. The molecule has 0 fully saturated rings. The molecule has 0 amide bonds. The molecule has 0 radical (unpaired) electrons. The Labute approximate surface area is 172 Å². The normalized spacial score (nSPS) is 12.1. The molecule has 2 aromatic carbocycles. The summed E-state index contributed by atoms with van der Waals surface area (Å²) in [6.07, 6.45) is 1.44. The standard InChI is InChI=1S/C23H20N2O3S/c1-14-9-11-16(12-10-14)18-15(2)29-21-19(18)22(26)25(13-24-21)20(23(27)28-3)17-7-5-4-6-8-17/h4-13,20H,1-3H3. The van der Waals surface area contributed by atoms with Crippen molar-refractivity contribution in [3.63, 3.8) is 0 Å². The molecule has 1 atom stereocenters. The number of aryl methyl sites for hydroxylation is 2. The number of hydrogen-bond donors (Lipinski definition) is 0. The largest absolute Gasteiger partial charge is 0.467 e. The summed E-state index contributed by atoms with van der Waals surface area (Å²) in [5, 5.41) is 0.531. The summed E-state index contributed by atoms with van der Waals surface area (Å²) < 4.78 is 6.37. The molecule has 5 nitrogen and oxygen atoms in total. The minimum Gasteiger partial charge on any atom is -0.467 e. The number of ether oxygens (including phenoxy) is 1. The van der Waals surface area contributed by atoms with E-state index in [-0.39, 0.29) is 5.56 Å². The summed E-state index contributed by atoms with van der Waals surface area (Å²) in [5.74, 6) is -0.511. The number of methoxy groups -OCH3 is 1. The number of aromatic nitrogens is 2. The maximum Gasteiger partial charge on any atom is 0.333 e. The third-order valence-electron chi connectivity index (χ3n) is 4.97. The molecule has 4 aromatic rings. The van der Waals surface area contributed by atoms with Gasteiger partial charge in [-0.2, -0.15) is 0 Å². The van der Waals surface area contributed by atoms with E-state index >= 15 is 0 Å².